The van der Waals surface area contributed by atoms with Crippen molar-refractivity contribution in [2.24, 2.45) is 0 Å². The molecule has 3 rings (SSSR count). The van der Waals surface area contributed by atoms with Crippen LogP contribution < -0.4 is 5.32 Å². The second-order valence-corrected chi connectivity index (χ2v) is 12.1. The van der Waals surface area contributed by atoms with Crippen molar-refractivity contribution in [3.05, 3.63) is 89.2 Å². The molecular formula is C32H41FN2O3S. The number of hydrogen-bond acceptors (Lipinski definition) is 5. The third kappa shape index (κ3) is 10.4. The van der Waals surface area contributed by atoms with Gasteiger partial charge in [-0.1, -0.05) is 42.5 Å². The fraction of sp³-hybridized carbons (Fsp3) is 0.406. The number of nitrogens with zero attached hydrogens (tertiary/aromatic N) is 1. The summed E-state index contributed by atoms with van der Waals surface area (Å²) < 4.78 is 15.9. The van der Waals surface area contributed by atoms with Crippen LogP contribution in [-0.2, 0) is 17.6 Å². The topological polar surface area (TPSA) is 72.8 Å². The average molecular weight is 553 g/mol. The standard InChI is InChI=1S/C32H41FN2O3S/c1-23-19-28(14-16-29(23)30-15-13-26(33)20-25(30)12-17-31(37)38)39-35(4)22-27(36)21-34-32(2,3)18-8-11-24-9-6-5-7-10-24/h5-7,9-10,13-16,19-20,27,34,36H,8,11-12,17-18,21-22H2,1-4H3,(H,37,38)/t27-/m1/s1. The fourth-order valence-corrected chi connectivity index (χ4v) is 5.67. The van der Waals surface area contributed by atoms with Crippen molar-refractivity contribution >= 4 is 17.9 Å². The first-order chi connectivity index (χ1) is 18.5. The van der Waals surface area contributed by atoms with Gasteiger partial charge in [-0.3, -0.25) is 4.79 Å². The lowest BCUT2D eigenvalue weighted by Crippen LogP contribution is -2.45. The molecule has 3 aromatic carbocycles. The summed E-state index contributed by atoms with van der Waals surface area (Å²) in [6.45, 7) is 7.40. The zero-order chi connectivity index (χ0) is 28.4. The summed E-state index contributed by atoms with van der Waals surface area (Å²) in [5.41, 5.74) is 4.83. The van der Waals surface area contributed by atoms with Gasteiger partial charge in [0.25, 0.3) is 0 Å². The van der Waals surface area contributed by atoms with Gasteiger partial charge >= 0.3 is 5.97 Å². The number of aliphatic hydroxyl groups excluding tert-OH is 1. The molecule has 3 N–H and O–H groups in total. The molecule has 0 amide bonds. The van der Waals surface area contributed by atoms with Crippen LogP contribution in [-0.4, -0.2) is 52.3 Å². The Kier molecular flexibility index (Phi) is 11.5. The lowest BCUT2D eigenvalue weighted by Gasteiger charge is -2.29. The number of benzene rings is 3. The predicted octanol–water partition coefficient (Wildman–Crippen LogP) is 6.51. The number of nitrogens with one attached hydrogen (secondary N) is 1. The summed E-state index contributed by atoms with van der Waals surface area (Å²) in [5.74, 6) is -1.27. The Morgan fingerprint density at radius 1 is 1.05 bits per heavy atom. The number of β-amino-alcohol motifs (C(OH)–C–C–N with tert-alkyl or cyclic N) is 1. The van der Waals surface area contributed by atoms with E-state index in [1.807, 2.05) is 36.5 Å². The molecule has 7 heteroatoms. The molecule has 0 aliphatic rings. The van der Waals surface area contributed by atoms with Crippen molar-refractivity contribution in [2.45, 2.75) is 69.4 Å². The molecule has 0 heterocycles. The van der Waals surface area contributed by atoms with Gasteiger partial charge in [0.15, 0.2) is 0 Å². The van der Waals surface area contributed by atoms with Gasteiger partial charge in [0.05, 0.1) is 6.10 Å². The molecule has 3 aromatic rings. The number of carbonyl (C=O) groups is 1. The molecule has 0 radical (unpaired) electrons. The highest BCUT2D eigenvalue weighted by molar-refractivity contribution is 7.97. The largest absolute Gasteiger partial charge is 0.481 e. The van der Waals surface area contributed by atoms with Gasteiger partial charge in [-0.2, -0.15) is 0 Å². The Labute approximate surface area is 236 Å². The third-order valence-corrected chi connectivity index (χ3v) is 7.74. The van der Waals surface area contributed by atoms with Crippen molar-refractivity contribution in [1.29, 1.82) is 0 Å². The van der Waals surface area contributed by atoms with Crippen LogP contribution in [0.5, 0.6) is 0 Å². The normalized spacial score (nSPS) is 12.6. The summed E-state index contributed by atoms with van der Waals surface area (Å²) in [5, 5.41) is 23.3. The Morgan fingerprint density at radius 3 is 2.46 bits per heavy atom. The van der Waals surface area contributed by atoms with E-state index in [1.54, 1.807) is 18.0 Å². The van der Waals surface area contributed by atoms with Gasteiger partial charge in [-0.05, 0) is 118 Å². The Balaban J connectivity index is 1.50. The van der Waals surface area contributed by atoms with Crippen molar-refractivity contribution in [3.63, 3.8) is 0 Å². The lowest BCUT2D eigenvalue weighted by atomic mass is 9.93. The van der Waals surface area contributed by atoms with Gasteiger partial charge in [0.1, 0.15) is 5.82 Å². The molecule has 5 nitrogen and oxygen atoms in total. The summed E-state index contributed by atoms with van der Waals surface area (Å²) in [6, 6.07) is 21.2. The molecule has 0 unspecified atom stereocenters. The smallest absolute Gasteiger partial charge is 0.303 e. The van der Waals surface area contributed by atoms with Crippen molar-refractivity contribution in [3.8, 4) is 11.1 Å². The second kappa shape index (κ2) is 14.6. The van der Waals surface area contributed by atoms with E-state index in [4.69, 9.17) is 5.11 Å². The highest BCUT2D eigenvalue weighted by Gasteiger charge is 2.19. The number of aliphatic hydroxyl groups is 1. The van der Waals surface area contributed by atoms with Crippen LogP contribution in [0.1, 0.15) is 49.8 Å². The van der Waals surface area contributed by atoms with Crippen LogP contribution >= 0.6 is 11.9 Å². The number of halogens is 1. The van der Waals surface area contributed by atoms with Crippen LogP contribution in [0.2, 0.25) is 0 Å². The zero-order valence-corrected chi connectivity index (χ0v) is 24.2. The van der Waals surface area contributed by atoms with Crippen molar-refractivity contribution in [1.82, 2.24) is 9.62 Å². The molecule has 39 heavy (non-hydrogen) atoms. The minimum Gasteiger partial charge on any atom is -0.481 e. The number of carboxylic acid groups (broad SMARTS) is 1. The summed E-state index contributed by atoms with van der Waals surface area (Å²) in [6.07, 6.45) is 2.89. The molecule has 210 valence electrons. The van der Waals surface area contributed by atoms with Gasteiger partial charge in [0, 0.05) is 29.9 Å². The van der Waals surface area contributed by atoms with E-state index in [0.29, 0.717) is 18.7 Å². The monoisotopic (exact) mass is 552 g/mol. The van der Waals surface area contributed by atoms with Crippen molar-refractivity contribution < 1.29 is 19.4 Å². The minimum atomic E-state index is -0.902. The first kappa shape index (κ1) is 30.8. The van der Waals surface area contributed by atoms with E-state index in [2.05, 4.69) is 49.5 Å². The molecule has 1 atom stereocenters. The summed E-state index contributed by atoms with van der Waals surface area (Å²) in [7, 11) is 1.96. The Morgan fingerprint density at radius 2 is 1.77 bits per heavy atom. The van der Waals surface area contributed by atoms with E-state index in [-0.39, 0.29) is 24.2 Å². The molecule has 0 saturated carbocycles. The minimum absolute atomic E-state index is 0.0454. The van der Waals surface area contributed by atoms with Gasteiger partial charge in [0.2, 0.25) is 0 Å². The van der Waals surface area contributed by atoms with Crippen LogP contribution in [0.4, 0.5) is 4.39 Å². The predicted molar refractivity (Wildman–Crippen MR) is 158 cm³/mol. The first-order valence-corrected chi connectivity index (χ1v) is 14.3. The average Bonchev–Trinajstić information content (AvgIpc) is 2.87. The number of hydrogen-bond donors (Lipinski definition) is 3. The van der Waals surface area contributed by atoms with E-state index in [9.17, 15) is 14.3 Å². The third-order valence-electron chi connectivity index (χ3n) is 6.82. The van der Waals surface area contributed by atoms with Gasteiger partial charge in [-0.15, -0.1) is 0 Å². The van der Waals surface area contributed by atoms with Crippen LogP contribution in [0.15, 0.2) is 71.6 Å². The zero-order valence-electron chi connectivity index (χ0n) is 23.4. The lowest BCUT2D eigenvalue weighted by molar-refractivity contribution is -0.136. The second-order valence-electron chi connectivity index (χ2n) is 10.8. The van der Waals surface area contributed by atoms with E-state index < -0.39 is 12.1 Å². The molecule has 0 saturated heterocycles. The maximum Gasteiger partial charge on any atom is 0.303 e. The SMILES string of the molecule is Cc1cc(SN(C)C[C@H](O)CNC(C)(C)CCCc2ccccc2)ccc1-c1ccc(F)cc1CCC(=O)O. The highest BCUT2D eigenvalue weighted by Crippen LogP contribution is 2.32. The molecule has 0 fully saturated rings. The number of rotatable bonds is 15. The maximum absolute atomic E-state index is 13.9. The Bertz CT molecular complexity index is 1220. The van der Waals surface area contributed by atoms with E-state index in [0.717, 1.165) is 40.8 Å². The molecule has 0 aliphatic heterocycles. The molecule has 0 aliphatic carbocycles. The van der Waals surface area contributed by atoms with E-state index in [1.165, 1.54) is 17.7 Å². The molecular weight excluding hydrogens is 511 g/mol. The van der Waals surface area contributed by atoms with Crippen LogP contribution in [0.25, 0.3) is 11.1 Å². The molecule has 0 aromatic heterocycles. The quantitative estimate of drug-likeness (QED) is 0.187. The van der Waals surface area contributed by atoms with Crippen molar-refractivity contribution in [2.75, 3.05) is 20.1 Å². The van der Waals surface area contributed by atoms with Gasteiger partial charge in [-0.25, -0.2) is 8.70 Å². The summed E-state index contributed by atoms with van der Waals surface area (Å²) in [4.78, 5) is 12.1. The summed E-state index contributed by atoms with van der Waals surface area (Å²) >= 11 is 1.56. The van der Waals surface area contributed by atoms with Gasteiger partial charge < -0.3 is 15.5 Å². The molecule has 0 spiro atoms. The molecule has 0 bridgehead atoms. The number of aliphatic carboxylic acids is 1. The van der Waals surface area contributed by atoms with Crippen LogP contribution in [0.3, 0.4) is 0 Å². The number of aryl methyl sites for hydroxylation is 3. The first-order valence-electron chi connectivity index (χ1n) is 13.5. The maximum atomic E-state index is 13.9. The highest BCUT2D eigenvalue weighted by atomic mass is 32.2. The number of carboxylic acids is 1. The number of likely N-dealkylation sites (N-methyl/N-ethyl adjacent to an activating group) is 1. The van der Waals surface area contributed by atoms with E-state index >= 15 is 0 Å². The van der Waals surface area contributed by atoms with Crippen LogP contribution in [0, 0.1) is 12.7 Å². The fourth-order valence-electron chi connectivity index (χ4n) is 4.71. The Hall–Kier alpha value is -2.71.